The monoisotopic (exact) mass is 252 g/mol. The molecule has 0 aromatic carbocycles. The molecule has 100 valence electrons. The zero-order valence-electron chi connectivity index (χ0n) is 10.9. The second-order valence-corrected chi connectivity index (χ2v) is 4.52. The van der Waals surface area contributed by atoms with Crippen LogP contribution in [0.5, 0.6) is 0 Å². The number of likely N-dealkylation sites (N-methyl/N-ethyl adjacent to an activating group) is 1. The van der Waals surface area contributed by atoms with E-state index in [1.54, 1.807) is 10.9 Å². The third-order valence-corrected chi connectivity index (χ3v) is 3.35. The zero-order valence-corrected chi connectivity index (χ0v) is 10.9. The van der Waals surface area contributed by atoms with Crippen LogP contribution in [0.2, 0.25) is 0 Å². The zero-order chi connectivity index (χ0) is 13.1. The number of rotatable bonds is 6. The van der Waals surface area contributed by atoms with E-state index in [-0.39, 0.29) is 5.69 Å². The quantitative estimate of drug-likeness (QED) is 0.756. The second kappa shape index (κ2) is 5.39. The number of hydrogen-bond acceptors (Lipinski definition) is 5. The van der Waals surface area contributed by atoms with E-state index in [0.717, 1.165) is 25.7 Å². The summed E-state index contributed by atoms with van der Waals surface area (Å²) in [6.07, 6.45) is 4.18. The van der Waals surface area contributed by atoms with Crippen LogP contribution in [-0.4, -0.2) is 46.7 Å². The van der Waals surface area contributed by atoms with Crippen molar-refractivity contribution in [1.82, 2.24) is 14.5 Å². The van der Waals surface area contributed by atoms with Gasteiger partial charge in [0.2, 0.25) is 0 Å². The number of hydrogen-bond donors (Lipinski definition) is 1. The minimum Gasteiger partial charge on any atom is -0.464 e. The van der Waals surface area contributed by atoms with Gasteiger partial charge in [-0.15, -0.1) is 0 Å². The van der Waals surface area contributed by atoms with Crippen molar-refractivity contribution in [3.8, 4) is 0 Å². The van der Waals surface area contributed by atoms with Crippen molar-refractivity contribution in [3.05, 3.63) is 12.0 Å². The molecule has 1 fully saturated rings. The fourth-order valence-electron chi connectivity index (χ4n) is 2.10. The van der Waals surface area contributed by atoms with E-state index in [9.17, 15) is 4.79 Å². The van der Waals surface area contributed by atoms with E-state index >= 15 is 0 Å². The molecule has 6 heteroatoms. The minimum absolute atomic E-state index is 0.201. The third kappa shape index (κ3) is 2.64. The van der Waals surface area contributed by atoms with Gasteiger partial charge in [0.15, 0.2) is 5.69 Å². The predicted octanol–water partition coefficient (Wildman–Crippen LogP) is 0.736. The van der Waals surface area contributed by atoms with Crippen molar-refractivity contribution < 1.29 is 9.53 Å². The summed E-state index contributed by atoms with van der Waals surface area (Å²) in [6.45, 7) is 4.89. The number of nitrogens with two attached hydrogens (primary N) is 1. The summed E-state index contributed by atoms with van der Waals surface area (Å²) in [4.78, 5) is 17.8. The van der Waals surface area contributed by atoms with Gasteiger partial charge in [-0.3, -0.25) is 4.90 Å². The molecule has 1 aliphatic rings. The number of nitrogens with zero attached hydrogens (tertiary/aromatic N) is 3. The molecule has 0 aliphatic heterocycles. The summed E-state index contributed by atoms with van der Waals surface area (Å²) in [6, 6.07) is 0.736. The Hall–Kier alpha value is -1.56. The fraction of sp³-hybridized carbons (Fsp3) is 0.667. The Morgan fingerprint density at radius 2 is 2.39 bits per heavy atom. The maximum atomic E-state index is 11.4. The Morgan fingerprint density at radius 3 is 2.94 bits per heavy atom. The van der Waals surface area contributed by atoms with Crippen LogP contribution in [0.25, 0.3) is 0 Å². The lowest BCUT2D eigenvalue weighted by Crippen LogP contribution is -2.29. The molecular formula is C12H20N4O2. The number of ether oxygens (including phenoxy) is 1. The van der Waals surface area contributed by atoms with Crippen LogP contribution in [0, 0.1) is 0 Å². The van der Waals surface area contributed by atoms with Crippen LogP contribution in [0.4, 0.5) is 5.82 Å². The molecule has 0 spiro atoms. The molecule has 2 N–H and O–H groups in total. The maximum absolute atomic E-state index is 11.4. The molecule has 0 radical (unpaired) electrons. The highest BCUT2D eigenvalue weighted by atomic mass is 16.5. The summed E-state index contributed by atoms with van der Waals surface area (Å²) < 4.78 is 6.42. The smallest absolute Gasteiger partial charge is 0.360 e. The first-order valence-electron chi connectivity index (χ1n) is 6.30. The van der Waals surface area contributed by atoms with Crippen LogP contribution in [0.1, 0.15) is 30.3 Å². The number of nitrogen functional groups attached to an aromatic ring is 1. The Kier molecular flexibility index (Phi) is 3.86. The van der Waals surface area contributed by atoms with E-state index in [2.05, 4.69) is 21.5 Å². The average molecular weight is 252 g/mol. The standard InChI is InChI=1S/C12H20N4O2/c1-3-15(9-4-5-9)6-7-16-8-14-10(11(16)13)12(17)18-2/h8-9H,3-7,13H2,1-2H3. The summed E-state index contributed by atoms with van der Waals surface area (Å²) in [7, 11) is 1.33. The first-order chi connectivity index (χ1) is 8.67. The molecule has 0 amide bonds. The Labute approximate surface area is 107 Å². The molecule has 0 atom stereocenters. The van der Waals surface area contributed by atoms with E-state index < -0.39 is 5.97 Å². The summed E-state index contributed by atoms with van der Waals surface area (Å²) in [5.74, 6) is -0.102. The second-order valence-electron chi connectivity index (χ2n) is 4.52. The molecule has 18 heavy (non-hydrogen) atoms. The molecule has 0 unspecified atom stereocenters. The van der Waals surface area contributed by atoms with Gasteiger partial charge in [-0.25, -0.2) is 9.78 Å². The van der Waals surface area contributed by atoms with Crippen LogP contribution < -0.4 is 5.73 Å². The van der Waals surface area contributed by atoms with Gasteiger partial charge in [-0.2, -0.15) is 0 Å². The number of anilines is 1. The largest absolute Gasteiger partial charge is 0.464 e. The highest BCUT2D eigenvalue weighted by molar-refractivity contribution is 5.91. The molecule has 1 saturated carbocycles. The third-order valence-electron chi connectivity index (χ3n) is 3.35. The maximum Gasteiger partial charge on any atom is 0.360 e. The first-order valence-corrected chi connectivity index (χ1v) is 6.30. The average Bonchev–Trinajstić information content (AvgIpc) is 3.15. The van der Waals surface area contributed by atoms with Gasteiger partial charge in [0, 0.05) is 19.1 Å². The van der Waals surface area contributed by atoms with Gasteiger partial charge < -0.3 is 15.0 Å². The van der Waals surface area contributed by atoms with Gasteiger partial charge in [-0.1, -0.05) is 6.92 Å². The highest BCUT2D eigenvalue weighted by Gasteiger charge is 2.27. The van der Waals surface area contributed by atoms with E-state index in [1.807, 2.05) is 0 Å². The van der Waals surface area contributed by atoms with E-state index in [0.29, 0.717) is 5.82 Å². The normalized spacial score (nSPS) is 15.1. The van der Waals surface area contributed by atoms with Crippen molar-refractivity contribution in [2.45, 2.75) is 32.4 Å². The van der Waals surface area contributed by atoms with Crippen LogP contribution in [-0.2, 0) is 11.3 Å². The van der Waals surface area contributed by atoms with Gasteiger partial charge in [0.25, 0.3) is 0 Å². The molecule has 6 nitrogen and oxygen atoms in total. The van der Waals surface area contributed by atoms with Crippen molar-refractivity contribution in [3.63, 3.8) is 0 Å². The fourth-order valence-corrected chi connectivity index (χ4v) is 2.10. The SMILES string of the molecule is CCN(CCn1cnc(C(=O)OC)c1N)C1CC1. The van der Waals surface area contributed by atoms with E-state index in [1.165, 1.54) is 20.0 Å². The lowest BCUT2D eigenvalue weighted by atomic mass is 10.4. The van der Waals surface area contributed by atoms with Crippen LogP contribution in [0.3, 0.4) is 0 Å². The van der Waals surface area contributed by atoms with Crippen molar-refractivity contribution in [2.75, 3.05) is 25.9 Å². The predicted molar refractivity (Wildman–Crippen MR) is 68.2 cm³/mol. The van der Waals surface area contributed by atoms with E-state index in [4.69, 9.17) is 5.73 Å². The Bertz CT molecular complexity index is 426. The lowest BCUT2D eigenvalue weighted by molar-refractivity contribution is 0.0596. The number of esters is 1. The topological polar surface area (TPSA) is 73.4 Å². The molecular weight excluding hydrogens is 232 g/mol. The molecule has 1 aliphatic carbocycles. The molecule has 1 aromatic heterocycles. The van der Waals surface area contributed by atoms with Crippen molar-refractivity contribution in [2.24, 2.45) is 0 Å². The number of methoxy groups -OCH3 is 1. The van der Waals surface area contributed by atoms with Crippen molar-refractivity contribution >= 4 is 11.8 Å². The van der Waals surface area contributed by atoms with Gasteiger partial charge in [-0.05, 0) is 19.4 Å². The molecule has 0 bridgehead atoms. The number of carbonyl (C=O) groups excluding carboxylic acids is 1. The molecule has 2 rings (SSSR count). The Morgan fingerprint density at radius 1 is 1.67 bits per heavy atom. The van der Waals surface area contributed by atoms with Gasteiger partial charge in [0.1, 0.15) is 5.82 Å². The molecule has 1 aromatic rings. The highest BCUT2D eigenvalue weighted by Crippen LogP contribution is 2.26. The van der Waals surface area contributed by atoms with Crippen LogP contribution in [0.15, 0.2) is 6.33 Å². The lowest BCUT2D eigenvalue weighted by Gasteiger charge is -2.20. The van der Waals surface area contributed by atoms with Gasteiger partial charge >= 0.3 is 5.97 Å². The van der Waals surface area contributed by atoms with Crippen LogP contribution >= 0.6 is 0 Å². The van der Waals surface area contributed by atoms with Gasteiger partial charge in [0.05, 0.1) is 13.4 Å². The number of carbonyl (C=O) groups is 1. The molecule has 0 saturated heterocycles. The number of imidazole rings is 1. The minimum atomic E-state index is -0.485. The summed E-state index contributed by atoms with van der Waals surface area (Å²) in [5, 5.41) is 0. The molecule has 1 heterocycles. The summed E-state index contributed by atoms with van der Waals surface area (Å²) >= 11 is 0. The Balaban J connectivity index is 1.97. The summed E-state index contributed by atoms with van der Waals surface area (Å²) in [5.41, 5.74) is 6.08. The number of aromatic nitrogens is 2. The first kappa shape index (κ1) is 12.9. The van der Waals surface area contributed by atoms with Crippen molar-refractivity contribution in [1.29, 1.82) is 0 Å².